The lowest BCUT2D eigenvalue weighted by atomic mass is 9.93. The molecule has 43 heavy (non-hydrogen) atoms. The van der Waals surface area contributed by atoms with Gasteiger partial charge in [-0.25, -0.2) is 14.6 Å². The van der Waals surface area contributed by atoms with Gasteiger partial charge in [0.05, 0.1) is 42.2 Å². The molecule has 3 aromatic carbocycles. The Morgan fingerprint density at radius 2 is 1.63 bits per heavy atom. The molecule has 1 aromatic heterocycles. The van der Waals surface area contributed by atoms with Crippen LogP contribution in [0.5, 0.6) is 11.5 Å². The summed E-state index contributed by atoms with van der Waals surface area (Å²) >= 11 is 1.23. The molecule has 0 spiro atoms. The number of ether oxygens (including phenoxy) is 4. The Balaban J connectivity index is 1.65. The van der Waals surface area contributed by atoms with Crippen LogP contribution >= 0.6 is 11.3 Å². The van der Waals surface area contributed by atoms with Gasteiger partial charge in [0.25, 0.3) is 5.56 Å². The summed E-state index contributed by atoms with van der Waals surface area (Å²) in [5, 5.41) is 0. The third-order valence-electron chi connectivity index (χ3n) is 6.63. The molecule has 1 aliphatic heterocycles. The van der Waals surface area contributed by atoms with Gasteiger partial charge in [-0.15, -0.1) is 0 Å². The third kappa shape index (κ3) is 6.29. The van der Waals surface area contributed by atoms with Gasteiger partial charge in [-0.2, -0.15) is 0 Å². The van der Waals surface area contributed by atoms with E-state index in [1.165, 1.54) is 18.4 Å². The van der Waals surface area contributed by atoms with Gasteiger partial charge in [-0.3, -0.25) is 9.36 Å². The lowest BCUT2D eigenvalue weighted by molar-refractivity contribution is -0.145. The Morgan fingerprint density at radius 3 is 2.30 bits per heavy atom. The fraction of sp³-hybridized carbons (Fsp3) is 0.212. The minimum absolute atomic E-state index is 0.178. The number of nitrogens with zero attached hydrogens (tertiary/aromatic N) is 2. The number of carbonyl (C=O) groups is 2. The summed E-state index contributed by atoms with van der Waals surface area (Å²) in [6.45, 7) is 3.65. The second-order valence-electron chi connectivity index (χ2n) is 9.35. The summed E-state index contributed by atoms with van der Waals surface area (Å²) in [5.74, 6) is -0.259. The zero-order chi connectivity index (χ0) is 30.3. The molecular weight excluding hydrogens is 568 g/mol. The topological polar surface area (TPSA) is 105 Å². The zero-order valence-corrected chi connectivity index (χ0v) is 24.8. The molecule has 220 valence electrons. The summed E-state index contributed by atoms with van der Waals surface area (Å²) in [7, 11) is 1.49. The number of fused-ring (bicyclic) bond motifs is 1. The summed E-state index contributed by atoms with van der Waals surface area (Å²) in [6, 6.07) is 23.2. The first-order valence-corrected chi connectivity index (χ1v) is 14.6. The number of hydrogen-bond donors (Lipinski definition) is 0. The van der Waals surface area contributed by atoms with E-state index in [0.717, 1.165) is 11.1 Å². The van der Waals surface area contributed by atoms with Crippen molar-refractivity contribution in [1.82, 2.24) is 4.57 Å². The van der Waals surface area contributed by atoms with Crippen molar-refractivity contribution in [3.8, 4) is 11.5 Å². The number of thiazole rings is 1. The summed E-state index contributed by atoms with van der Waals surface area (Å²) in [5.41, 5.74) is 2.63. The predicted molar refractivity (Wildman–Crippen MR) is 163 cm³/mol. The molecule has 0 saturated carbocycles. The molecule has 10 heteroatoms. The van der Waals surface area contributed by atoms with Crippen LogP contribution in [0.3, 0.4) is 0 Å². The van der Waals surface area contributed by atoms with Gasteiger partial charge in [-0.05, 0) is 43.2 Å². The van der Waals surface area contributed by atoms with Crippen LogP contribution in [0.2, 0.25) is 0 Å². The number of carbonyl (C=O) groups excluding carboxylic acids is 2. The minimum atomic E-state index is -0.748. The first-order valence-electron chi connectivity index (χ1n) is 13.7. The molecule has 4 aromatic rings. The highest BCUT2D eigenvalue weighted by Gasteiger charge is 2.35. The Labute approximate surface area is 252 Å². The summed E-state index contributed by atoms with van der Waals surface area (Å²) in [4.78, 5) is 44.6. The van der Waals surface area contributed by atoms with E-state index in [2.05, 4.69) is 0 Å². The number of esters is 2. The second-order valence-corrected chi connectivity index (χ2v) is 10.4. The number of aromatic nitrogens is 1. The molecule has 9 nitrogen and oxygen atoms in total. The third-order valence-corrected chi connectivity index (χ3v) is 7.61. The van der Waals surface area contributed by atoms with E-state index < -0.39 is 18.0 Å². The lowest BCUT2D eigenvalue weighted by Gasteiger charge is -2.25. The molecule has 0 aliphatic carbocycles. The molecule has 5 rings (SSSR count). The normalized spacial score (nSPS) is 14.5. The van der Waals surface area contributed by atoms with E-state index in [4.69, 9.17) is 23.9 Å². The molecule has 0 amide bonds. The Bertz CT molecular complexity index is 1840. The van der Waals surface area contributed by atoms with Gasteiger partial charge >= 0.3 is 11.9 Å². The van der Waals surface area contributed by atoms with E-state index in [-0.39, 0.29) is 25.4 Å². The maximum absolute atomic E-state index is 14.0. The highest BCUT2D eigenvalue weighted by Crippen LogP contribution is 2.35. The van der Waals surface area contributed by atoms with Crippen LogP contribution in [-0.4, -0.2) is 43.4 Å². The monoisotopic (exact) mass is 598 g/mol. The Hall–Kier alpha value is -4.96. The van der Waals surface area contributed by atoms with Crippen LogP contribution in [0.15, 0.2) is 94.2 Å². The molecule has 0 N–H and O–H groups in total. The van der Waals surface area contributed by atoms with Gasteiger partial charge < -0.3 is 18.9 Å². The second kappa shape index (κ2) is 13.3. The Kier molecular flexibility index (Phi) is 9.17. The van der Waals surface area contributed by atoms with Crippen molar-refractivity contribution < 1.29 is 28.5 Å². The van der Waals surface area contributed by atoms with Crippen molar-refractivity contribution in [3.05, 3.63) is 121 Å². The predicted octanol–water partition coefficient (Wildman–Crippen LogP) is 3.89. The number of rotatable bonds is 10. The van der Waals surface area contributed by atoms with Crippen LogP contribution in [0.1, 0.15) is 36.6 Å². The van der Waals surface area contributed by atoms with Crippen LogP contribution < -0.4 is 24.4 Å². The van der Waals surface area contributed by atoms with Crippen LogP contribution in [0.25, 0.3) is 11.8 Å². The van der Waals surface area contributed by atoms with E-state index in [9.17, 15) is 14.4 Å². The fourth-order valence-corrected chi connectivity index (χ4v) is 5.78. The summed E-state index contributed by atoms with van der Waals surface area (Å²) < 4.78 is 23.4. The molecule has 0 radical (unpaired) electrons. The average molecular weight is 599 g/mol. The number of benzene rings is 3. The Morgan fingerprint density at radius 1 is 0.930 bits per heavy atom. The van der Waals surface area contributed by atoms with Crippen LogP contribution in [0, 0.1) is 0 Å². The van der Waals surface area contributed by atoms with E-state index >= 15 is 0 Å². The number of methoxy groups -OCH3 is 1. The smallest absolute Gasteiger partial charge is 0.344 e. The molecule has 0 saturated heterocycles. The quantitative estimate of drug-likeness (QED) is 0.255. The van der Waals surface area contributed by atoms with Crippen molar-refractivity contribution in [3.63, 3.8) is 0 Å². The van der Waals surface area contributed by atoms with Crippen molar-refractivity contribution in [2.24, 2.45) is 4.99 Å². The zero-order valence-electron chi connectivity index (χ0n) is 23.9. The van der Waals surface area contributed by atoms with Crippen LogP contribution in [0.4, 0.5) is 0 Å². The fourth-order valence-electron chi connectivity index (χ4n) is 4.78. The maximum atomic E-state index is 14.0. The van der Waals surface area contributed by atoms with E-state index in [1.54, 1.807) is 42.7 Å². The molecule has 1 aliphatic rings. The van der Waals surface area contributed by atoms with Crippen molar-refractivity contribution in [2.45, 2.75) is 19.9 Å². The lowest BCUT2D eigenvalue weighted by Crippen LogP contribution is -2.39. The van der Waals surface area contributed by atoms with E-state index in [1.807, 2.05) is 60.7 Å². The van der Waals surface area contributed by atoms with Crippen molar-refractivity contribution in [1.29, 1.82) is 0 Å². The van der Waals surface area contributed by atoms with Gasteiger partial charge in [0.2, 0.25) is 0 Å². The van der Waals surface area contributed by atoms with Crippen LogP contribution in [-0.2, 0) is 19.1 Å². The summed E-state index contributed by atoms with van der Waals surface area (Å²) in [6.07, 6.45) is 1.74. The largest absolute Gasteiger partial charge is 0.493 e. The first-order chi connectivity index (χ1) is 20.9. The first kappa shape index (κ1) is 29.5. The average Bonchev–Trinajstić information content (AvgIpc) is 3.34. The van der Waals surface area contributed by atoms with Gasteiger partial charge in [0.15, 0.2) is 22.9 Å². The molecule has 0 bridgehead atoms. The number of hydrogen-bond acceptors (Lipinski definition) is 9. The molecule has 0 fully saturated rings. The molecule has 0 unspecified atom stereocenters. The van der Waals surface area contributed by atoms with Crippen molar-refractivity contribution >= 4 is 35.0 Å². The maximum Gasteiger partial charge on any atom is 0.344 e. The highest BCUT2D eigenvalue weighted by atomic mass is 32.1. The molecule has 2 heterocycles. The minimum Gasteiger partial charge on any atom is -0.493 e. The van der Waals surface area contributed by atoms with Crippen molar-refractivity contribution in [2.75, 3.05) is 26.9 Å². The molecule has 1 atom stereocenters. The van der Waals surface area contributed by atoms with Gasteiger partial charge in [0, 0.05) is 5.56 Å². The highest BCUT2D eigenvalue weighted by molar-refractivity contribution is 7.07. The van der Waals surface area contributed by atoms with Gasteiger partial charge in [-0.1, -0.05) is 78.1 Å². The standard InChI is InChI=1S/C33H30N2O7S/c1-4-40-27(36)20-42-24-17-16-21(18-25(24)39-3)19-26-31(37)35-30(23-14-10-7-11-15-23)28(32(38)41-5-2)29(34-33(35)43-26)22-12-8-6-9-13-22/h6-19,30H,4-5,20H2,1-3H3/b26-19-/t30-/m1/s1. The SMILES string of the molecule is CCOC(=O)COc1ccc(/C=c2\sc3n(c2=O)[C@H](c2ccccc2)C(C(=O)OCC)=C(c2ccccc2)N=3)cc1OC. The molecular formula is C33H30N2O7S. The van der Waals surface area contributed by atoms with E-state index in [0.29, 0.717) is 37.7 Å². The van der Waals surface area contributed by atoms with Gasteiger partial charge in [0.1, 0.15) is 0 Å².